The van der Waals surface area contributed by atoms with Crippen molar-refractivity contribution in [2.45, 2.75) is 24.9 Å². The molecule has 1 aromatic carbocycles. The molecule has 4 atom stereocenters. The van der Waals surface area contributed by atoms with Gasteiger partial charge >= 0.3 is 0 Å². The third kappa shape index (κ3) is 1.64. The second-order valence-electron chi connectivity index (χ2n) is 6.71. The van der Waals surface area contributed by atoms with Crippen LogP contribution < -0.4 is 0 Å². The summed E-state index contributed by atoms with van der Waals surface area (Å²) in [6.07, 6.45) is 2.38. The smallest absolute Gasteiger partial charge is 0.273 e. The van der Waals surface area contributed by atoms with E-state index in [1.54, 1.807) is 6.07 Å². The summed E-state index contributed by atoms with van der Waals surface area (Å²) in [4.78, 5) is 17.7. The van der Waals surface area contributed by atoms with Gasteiger partial charge < -0.3 is 4.90 Å². The maximum atomic E-state index is 13.1. The van der Waals surface area contributed by atoms with Crippen molar-refractivity contribution in [3.8, 4) is 0 Å². The van der Waals surface area contributed by atoms with E-state index < -0.39 is 0 Å². The van der Waals surface area contributed by atoms with E-state index >= 15 is 0 Å². The Kier molecular flexibility index (Phi) is 2.62. The number of H-pyrrole nitrogens is 1. The van der Waals surface area contributed by atoms with Gasteiger partial charge in [-0.3, -0.25) is 14.8 Å². The summed E-state index contributed by atoms with van der Waals surface area (Å²) in [5.41, 5.74) is 1.27. The van der Waals surface area contributed by atoms with Crippen molar-refractivity contribution in [3.63, 3.8) is 0 Å². The van der Waals surface area contributed by atoms with E-state index in [1.807, 2.05) is 12.1 Å². The van der Waals surface area contributed by atoms with Gasteiger partial charge in [-0.25, -0.2) is 0 Å². The molecule has 1 unspecified atom stereocenters. The molecule has 1 amide bonds. The normalized spacial score (nSPS) is 32.9. The summed E-state index contributed by atoms with van der Waals surface area (Å²) in [7, 11) is 0. The molecule has 5 rings (SSSR count). The minimum Gasteiger partial charge on any atom is -0.328 e. The minimum absolute atomic E-state index is 0.0869. The first kappa shape index (κ1) is 12.9. The molecule has 0 spiro atoms. The number of fused-ring (bicyclic) bond motifs is 3. The molecular formula is C16H17ClN4O. The van der Waals surface area contributed by atoms with Gasteiger partial charge in [0.25, 0.3) is 5.91 Å². The lowest BCUT2D eigenvalue weighted by Gasteiger charge is -2.44. The van der Waals surface area contributed by atoms with Gasteiger partial charge in [0.15, 0.2) is 0 Å². The summed E-state index contributed by atoms with van der Waals surface area (Å²) in [5, 5.41) is 8.57. The topological polar surface area (TPSA) is 52.2 Å². The molecule has 3 fully saturated rings. The highest BCUT2D eigenvalue weighted by atomic mass is 35.5. The fourth-order valence-electron chi connectivity index (χ4n) is 4.61. The number of piperazine rings is 1. The maximum Gasteiger partial charge on any atom is 0.273 e. The minimum atomic E-state index is 0.0869. The van der Waals surface area contributed by atoms with Crippen LogP contribution in [0.1, 0.15) is 23.3 Å². The van der Waals surface area contributed by atoms with Gasteiger partial charge in [-0.1, -0.05) is 23.7 Å². The van der Waals surface area contributed by atoms with Crippen molar-refractivity contribution < 1.29 is 4.79 Å². The lowest BCUT2D eigenvalue weighted by Crippen LogP contribution is -2.58. The van der Waals surface area contributed by atoms with E-state index in [2.05, 4.69) is 20.0 Å². The third-order valence-corrected chi connectivity index (χ3v) is 5.89. The predicted molar refractivity (Wildman–Crippen MR) is 84.0 cm³/mol. The molecule has 1 aromatic heterocycles. The molecule has 2 aromatic rings. The predicted octanol–water partition coefficient (Wildman–Crippen LogP) is 2.13. The van der Waals surface area contributed by atoms with Gasteiger partial charge in [-0.15, -0.1) is 0 Å². The molecule has 5 nitrogen and oxygen atoms in total. The van der Waals surface area contributed by atoms with Crippen LogP contribution in [0, 0.1) is 5.92 Å². The van der Waals surface area contributed by atoms with Crippen LogP contribution in [0.5, 0.6) is 0 Å². The third-order valence-electron chi connectivity index (χ3n) is 5.58. The Morgan fingerprint density at radius 1 is 1.36 bits per heavy atom. The van der Waals surface area contributed by atoms with E-state index in [4.69, 9.17) is 11.6 Å². The van der Waals surface area contributed by atoms with Crippen LogP contribution in [-0.4, -0.2) is 57.6 Å². The number of halogens is 1. The molecule has 1 N–H and O–H groups in total. The Balaban J connectivity index is 1.56. The number of aromatic nitrogens is 2. The van der Waals surface area contributed by atoms with Gasteiger partial charge in [0, 0.05) is 30.6 Å². The summed E-state index contributed by atoms with van der Waals surface area (Å²) >= 11 is 6.17. The van der Waals surface area contributed by atoms with Crippen molar-refractivity contribution >= 4 is 28.4 Å². The standard InChI is InChI=1S/C16H17ClN4O/c17-12-3-1-2-11-14(12)18-19-15(11)16(22)21-10-6-9-4-5-20(7-10)8-13(9)21/h1-3,9-10,13H,4-8H2,(H,18,19)/t9-,10-,13-/m0/s1. The molecule has 0 radical (unpaired) electrons. The maximum absolute atomic E-state index is 13.1. The molecule has 0 aliphatic carbocycles. The van der Waals surface area contributed by atoms with Crippen molar-refractivity contribution in [1.29, 1.82) is 0 Å². The second kappa shape index (κ2) is 4.46. The molecule has 0 saturated carbocycles. The Bertz CT molecular complexity index is 769. The number of nitrogens with one attached hydrogen (secondary N) is 1. The molecule has 114 valence electrons. The second-order valence-corrected chi connectivity index (χ2v) is 7.12. The van der Waals surface area contributed by atoms with Crippen molar-refractivity contribution in [2.24, 2.45) is 5.92 Å². The lowest BCUT2D eigenvalue weighted by molar-refractivity contribution is 0.0258. The van der Waals surface area contributed by atoms with Crippen molar-refractivity contribution in [2.75, 3.05) is 19.6 Å². The van der Waals surface area contributed by atoms with E-state index in [0.717, 1.165) is 24.9 Å². The number of benzene rings is 1. The Hall–Kier alpha value is -1.59. The summed E-state index contributed by atoms with van der Waals surface area (Å²) < 4.78 is 0. The number of rotatable bonds is 1. The zero-order valence-electron chi connectivity index (χ0n) is 12.1. The van der Waals surface area contributed by atoms with E-state index in [-0.39, 0.29) is 5.91 Å². The Labute approximate surface area is 133 Å². The number of hydrogen-bond acceptors (Lipinski definition) is 3. The molecule has 3 aliphatic rings. The van der Waals surface area contributed by atoms with E-state index in [9.17, 15) is 4.79 Å². The molecule has 3 aliphatic heterocycles. The Morgan fingerprint density at radius 3 is 3.18 bits per heavy atom. The molecule has 3 saturated heterocycles. The summed E-state index contributed by atoms with van der Waals surface area (Å²) in [6.45, 7) is 3.24. The van der Waals surface area contributed by atoms with Crippen LogP contribution in [0.15, 0.2) is 18.2 Å². The van der Waals surface area contributed by atoms with Gasteiger partial charge in [0.05, 0.1) is 5.02 Å². The average Bonchev–Trinajstić information content (AvgIpc) is 2.98. The first-order valence-electron chi connectivity index (χ1n) is 7.90. The van der Waals surface area contributed by atoms with Crippen LogP contribution in [0.3, 0.4) is 0 Å². The number of aromatic amines is 1. The average molecular weight is 317 g/mol. The Morgan fingerprint density at radius 2 is 2.27 bits per heavy atom. The highest BCUT2D eigenvalue weighted by Gasteiger charge is 2.51. The monoisotopic (exact) mass is 316 g/mol. The van der Waals surface area contributed by atoms with Crippen LogP contribution >= 0.6 is 11.6 Å². The lowest BCUT2D eigenvalue weighted by atomic mass is 9.93. The number of piperidine rings is 1. The van der Waals surface area contributed by atoms with Gasteiger partial charge in [0.2, 0.25) is 0 Å². The first-order chi connectivity index (χ1) is 10.7. The number of hydrogen-bond donors (Lipinski definition) is 1. The number of carbonyl (C=O) groups is 1. The number of carbonyl (C=O) groups excluding carboxylic acids is 1. The number of nitrogens with zero attached hydrogens (tertiary/aromatic N) is 3. The molecule has 4 heterocycles. The van der Waals surface area contributed by atoms with Crippen molar-refractivity contribution in [3.05, 3.63) is 28.9 Å². The van der Waals surface area contributed by atoms with Crippen molar-refractivity contribution in [1.82, 2.24) is 20.0 Å². The van der Waals surface area contributed by atoms with Crippen LogP contribution in [-0.2, 0) is 0 Å². The van der Waals surface area contributed by atoms with Gasteiger partial charge in [0.1, 0.15) is 11.2 Å². The van der Waals surface area contributed by atoms with Crippen LogP contribution in [0.25, 0.3) is 10.9 Å². The van der Waals surface area contributed by atoms with E-state index in [1.165, 1.54) is 13.0 Å². The zero-order valence-corrected chi connectivity index (χ0v) is 12.9. The largest absolute Gasteiger partial charge is 0.328 e. The molecule has 6 heteroatoms. The SMILES string of the molecule is O=C(c1[nH]nc2c(Cl)cccc12)N1[C@H]2C[C@@H]3CCN(C2)C[C@@H]31. The number of para-hydroxylation sites is 1. The zero-order chi connectivity index (χ0) is 14.8. The number of amides is 1. The summed E-state index contributed by atoms with van der Waals surface area (Å²) in [5.74, 6) is 0.759. The van der Waals surface area contributed by atoms with Gasteiger partial charge in [-0.2, -0.15) is 5.10 Å². The molecular weight excluding hydrogens is 300 g/mol. The summed E-state index contributed by atoms with van der Waals surface area (Å²) in [6, 6.07) is 6.32. The fraction of sp³-hybridized carbons (Fsp3) is 0.500. The van der Waals surface area contributed by atoms with Crippen LogP contribution in [0.4, 0.5) is 0 Å². The molecule has 22 heavy (non-hydrogen) atoms. The quantitative estimate of drug-likeness (QED) is 0.877. The van der Waals surface area contributed by atoms with E-state index in [0.29, 0.717) is 34.2 Å². The highest BCUT2D eigenvalue weighted by Crippen LogP contribution is 2.41. The fourth-order valence-corrected chi connectivity index (χ4v) is 4.82. The highest BCUT2D eigenvalue weighted by molar-refractivity contribution is 6.35. The van der Waals surface area contributed by atoms with Crippen LogP contribution in [0.2, 0.25) is 5.02 Å². The molecule has 3 bridgehead atoms. The van der Waals surface area contributed by atoms with Gasteiger partial charge in [-0.05, 0) is 31.4 Å². The first-order valence-corrected chi connectivity index (χ1v) is 8.28.